The van der Waals surface area contributed by atoms with E-state index in [1.54, 1.807) is 11.8 Å². The van der Waals surface area contributed by atoms with Crippen molar-refractivity contribution in [1.82, 2.24) is 0 Å². The van der Waals surface area contributed by atoms with Crippen molar-refractivity contribution in [2.75, 3.05) is 11.5 Å². The molecule has 1 atom stereocenters. The Bertz CT molecular complexity index is 478. The van der Waals surface area contributed by atoms with E-state index in [-0.39, 0.29) is 5.41 Å². The number of aliphatic imine (C=N–C) groups is 1. The predicted molar refractivity (Wildman–Crippen MR) is 78.9 cm³/mol. The molecule has 3 nitrogen and oxygen atoms in total. The average Bonchev–Trinajstić information content (AvgIpc) is 2.98. The van der Waals surface area contributed by atoms with E-state index in [9.17, 15) is 0 Å². The molecule has 0 spiro atoms. The summed E-state index contributed by atoms with van der Waals surface area (Å²) in [5.74, 6) is 1.01. The van der Waals surface area contributed by atoms with Gasteiger partial charge < -0.3 is 11.5 Å². The summed E-state index contributed by atoms with van der Waals surface area (Å²) in [7, 11) is 0. The Hall–Kier alpha value is -1.16. The molecule has 1 fully saturated rings. The summed E-state index contributed by atoms with van der Waals surface area (Å²) >= 11 is 1.69. The number of hydrogen-bond donors (Lipinski definition) is 2. The zero-order chi connectivity index (χ0) is 12.6. The molecule has 2 aliphatic rings. The molecule has 0 radical (unpaired) electrons. The van der Waals surface area contributed by atoms with Crippen LogP contribution in [0.4, 0.5) is 5.69 Å². The molecule has 0 saturated heterocycles. The molecule has 0 bridgehead atoms. The summed E-state index contributed by atoms with van der Waals surface area (Å²) in [4.78, 5) is 4.67. The van der Waals surface area contributed by atoms with Crippen molar-refractivity contribution in [2.45, 2.75) is 37.1 Å². The summed E-state index contributed by atoms with van der Waals surface area (Å²) in [6, 6.07) is 8.66. The van der Waals surface area contributed by atoms with Crippen LogP contribution in [0, 0.1) is 0 Å². The van der Waals surface area contributed by atoms with Crippen LogP contribution in [-0.4, -0.2) is 17.0 Å². The number of anilines is 1. The van der Waals surface area contributed by atoms with Crippen molar-refractivity contribution in [3.05, 3.63) is 29.8 Å². The summed E-state index contributed by atoms with van der Waals surface area (Å²) in [5, 5.41) is 0.746. The van der Waals surface area contributed by atoms with E-state index in [0.29, 0.717) is 6.04 Å². The van der Waals surface area contributed by atoms with Crippen molar-refractivity contribution in [2.24, 2.45) is 10.7 Å². The Morgan fingerprint density at radius 2 is 2.00 bits per heavy atom. The first kappa shape index (κ1) is 11.9. The number of thioether (sulfide) groups is 1. The molecule has 1 aliphatic carbocycles. The van der Waals surface area contributed by atoms with Gasteiger partial charge >= 0.3 is 0 Å². The molecular weight excluding hydrogens is 242 g/mol. The number of rotatable bonds is 2. The van der Waals surface area contributed by atoms with E-state index >= 15 is 0 Å². The summed E-state index contributed by atoms with van der Waals surface area (Å²) in [6.45, 7) is 0. The Labute approximate surface area is 112 Å². The maximum absolute atomic E-state index is 5.95. The van der Waals surface area contributed by atoms with Crippen LogP contribution in [0.5, 0.6) is 0 Å². The van der Waals surface area contributed by atoms with E-state index in [4.69, 9.17) is 11.5 Å². The molecule has 0 amide bonds. The van der Waals surface area contributed by atoms with Gasteiger partial charge in [-0.15, -0.1) is 0 Å². The van der Waals surface area contributed by atoms with Gasteiger partial charge in [-0.05, 0) is 30.5 Å². The molecule has 96 valence electrons. The highest BCUT2D eigenvalue weighted by Gasteiger charge is 2.44. The number of hydrogen-bond acceptors (Lipinski definition) is 4. The Kier molecular flexibility index (Phi) is 2.98. The number of benzene rings is 1. The molecule has 18 heavy (non-hydrogen) atoms. The Balaban J connectivity index is 2.01. The lowest BCUT2D eigenvalue weighted by Gasteiger charge is -2.34. The fraction of sp³-hybridized carbons (Fsp3) is 0.500. The van der Waals surface area contributed by atoms with Crippen LogP contribution in [0.25, 0.3) is 0 Å². The molecule has 1 saturated carbocycles. The molecule has 4 N–H and O–H groups in total. The van der Waals surface area contributed by atoms with Crippen molar-refractivity contribution in [3.63, 3.8) is 0 Å². The standard InChI is InChI=1S/C14H19N3S/c15-11-5-3-4-10(8-11)14(6-1-2-7-14)12-9-18-13(16)17-12/h3-5,8,12H,1-2,6-7,9,15H2,(H2,16,17). The minimum atomic E-state index is 0.170. The summed E-state index contributed by atoms with van der Waals surface area (Å²) in [6.07, 6.45) is 4.98. The lowest BCUT2D eigenvalue weighted by molar-refractivity contribution is 0.377. The van der Waals surface area contributed by atoms with E-state index in [1.165, 1.54) is 31.2 Å². The molecule has 4 heteroatoms. The lowest BCUT2D eigenvalue weighted by Crippen LogP contribution is -2.36. The number of nitrogens with zero attached hydrogens (tertiary/aromatic N) is 1. The van der Waals surface area contributed by atoms with Crippen LogP contribution in [0.15, 0.2) is 29.3 Å². The minimum Gasteiger partial charge on any atom is -0.399 e. The average molecular weight is 261 g/mol. The molecule has 1 heterocycles. The SMILES string of the molecule is NC1=NC(C2(c3cccc(N)c3)CCCC2)CS1. The third kappa shape index (κ3) is 1.88. The zero-order valence-corrected chi connectivity index (χ0v) is 11.2. The summed E-state index contributed by atoms with van der Waals surface area (Å²) in [5.41, 5.74) is 14.2. The van der Waals surface area contributed by atoms with Crippen LogP contribution in [0.1, 0.15) is 31.2 Å². The van der Waals surface area contributed by atoms with Crippen molar-refractivity contribution >= 4 is 22.6 Å². The van der Waals surface area contributed by atoms with E-state index < -0.39 is 0 Å². The van der Waals surface area contributed by atoms with Gasteiger partial charge in [0.05, 0.1) is 6.04 Å². The van der Waals surface area contributed by atoms with Crippen LogP contribution in [0.2, 0.25) is 0 Å². The highest BCUT2D eigenvalue weighted by Crippen LogP contribution is 2.47. The largest absolute Gasteiger partial charge is 0.399 e. The molecule has 1 aromatic carbocycles. The first-order chi connectivity index (χ1) is 8.71. The molecule has 0 aromatic heterocycles. The fourth-order valence-electron chi connectivity index (χ4n) is 3.34. The van der Waals surface area contributed by atoms with Gasteiger partial charge in [0.25, 0.3) is 0 Å². The fourth-order valence-corrected chi connectivity index (χ4v) is 4.27. The predicted octanol–water partition coefficient (Wildman–Crippen LogP) is 2.51. The second-order valence-electron chi connectivity index (χ2n) is 5.28. The van der Waals surface area contributed by atoms with Gasteiger partial charge in [0.2, 0.25) is 0 Å². The van der Waals surface area contributed by atoms with Gasteiger partial charge in [0.15, 0.2) is 5.17 Å². The van der Waals surface area contributed by atoms with E-state index in [0.717, 1.165) is 16.6 Å². The van der Waals surface area contributed by atoms with Crippen LogP contribution >= 0.6 is 11.8 Å². The molecule has 1 aliphatic heterocycles. The third-order valence-corrected chi connectivity index (χ3v) is 5.15. The summed E-state index contributed by atoms with van der Waals surface area (Å²) < 4.78 is 0. The van der Waals surface area contributed by atoms with Gasteiger partial charge in [-0.1, -0.05) is 36.7 Å². The van der Waals surface area contributed by atoms with Gasteiger partial charge in [0, 0.05) is 16.9 Å². The van der Waals surface area contributed by atoms with Gasteiger partial charge in [0.1, 0.15) is 0 Å². The first-order valence-corrected chi connectivity index (χ1v) is 7.51. The third-order valence-electron chi connectivity index (χ3n) is 4.27. The van der Waals surface area contributed by atoms with Gasteiger partial charge in [-0.3, -0.25) is 4.99 Å². The van der Waals surface area contributed by atoms with Crippen molar-refractivity contribution < 1.29 is 0 Å². The molecular formula is C14H19N3S. The molecule has 1 unspecified atom stereocenters. The number of nitrogens with two attached hydrogens (primary N) is 2. The second kappa shape index (κ2) is 4.50. The zero-order valence-electron chi connectivity index (χ0n) is 10.4. The minimum absolute atomic E-state index is 0.170. The normalized spacial score (nSPS) is 26.2. The van der Waals surface area contributed by atoms with Crippen molar-refractivity contribution in [3.8, 4) is 0 Å². The maximum Gasteiger partial charge on any atom is 0.154 e. The topological polar surface area (TPSA) is 64.4 Å². The Morgan fingerprint density at radius 1 is 1.22 bits per heavy atom. The highest BCUT2D eigenvalue weighted by molar-refractivity contribution is 8.14. The second-order valence-corrected chi connectivity index (χ2v) is 6.32. The lowest BCUT2D eigenvalue weighted by atomic mass is 9.73. The molecule has 3 rings (SSSR count). The maximum atomic E-state index is 5.95. The quantitative estimate of drug-likeness (QED) is 0.804. The van der Waals surface area contributed by atoms with Gasteiger partial charge in [-0.2, -0.15) is 0 Å². The Morgan fingerprint density at radius 3 is 2.61 bits per heavy atom. The van der Waals surface area contributed by atoms with E-state index in [1.807, 2.05) is 6.07 Å². The van der Waals surface area contributed by atoms with E-state index in [2.05, 4.69) is 23.2 Å². The van der Waals surface area contributed by atoms with Gasteiger partial charge in [-0.25, -0.2) is 0 Å². The van der Waals surface area contributed by atoms with Crippen molar-refractivity contribution in [1.29, 1.82) is 0 Å². The first-order valence-electron chi connectivity index (χ1n) is 6.53. The monoisotopic (exact) mass is 261 g/mol. The van der Waals surface area contributed by atoms with Crippen LogP contribution < -0.4 is 11.5 Å². The van der Waals surface area contributed by atoms with Crippen LogP contribution in [-0.2, 0) is 5.41 Å². The number of amidine groups is 1. The highest BCUT2D eigenvalue weighted by atomic mass is 32.2. The van der Waals surface area contributed by atoms with Crippen LogP contribution in [0.3, 0.4) is 0 Å². The molecule has 1 aromatic rings. The number of nitrogen functional groups attached to an aromatic ring is 1. The smallest absolute Gasteiger partial charge is 0.154 e.